The average Bonchev–Trinajstić information content (AvgIpc) is 2.65. The highest BCUT2D eigenvalue weighted by atomic mass is 16.6. The normalized spacial score (nSPS) is 25.1. The van der Waals surface area contributed by atoms with E-state index in [0.29, 0.717) is 13.1 Å². The highest BCUT2D eigenvalue weighted by molar-refractivity contribution is 5.71. The number of carbonyl (C=O) groups is 1. The highest BCUT2D eigenvalue weighted by Crippen LogP contribution is 2.30. The van der Waals surface area contributed by atoms with Crippen LogP contribution in [0.3, 0.4) is 0 Å². The third kappa shape index (κ3) is 2.48. The largest absolute Gasteiger partial charge is 0.440 e. The summed E-state index contributed by atoms with van der Waals surface area (Å²) < 4.78 is 5.47. The summed E-state index contributed by atoms with van der Waals surface area (Å²) in [7, 11) is 1.86. The van der Waals surface area contributed by atoms with Crippen molar-refractivity contribution in [1.29, 1.82) is 0 Å². The van der Waals surface area contributed by atoms with Gasteiger partial charge in [0.1, 0.15) is 5.60 Å². The van der Waals surface area contributed by atoms with Crippen LogP contribution in [-0.2, 0) is 4.74 Å². The van der Waals surface area contributed by atoms with Gasteiger partial charge >= 0.3 is 6.09 Å². The molecule has 18 heavy (non-hydrogen) atoms. The molecule has 1 heterocycles. The molecule has 0 aliphatic carbocycles. The summed E-state index contributed by atoms with van der Waals surface area (Å²) >= 11 is 0. The van der Waals surface area contributed by atoms with Gasteiger partial charge < -0.3 is 10.1 Å². The first-order chi connectivity index (χ1) is 8.56. The molecule has 1 aromatic carbocycles. The lowest BCUT2D eigenvalue weighted by Crippen LogP contribution is -2.40. The van der Waals surface area contributed by atoms with Crippen LogP contribution in [0.4, 0.5) is 4.79 Å². The van der Waals surface area contributed by atoms with Crippen molar-refractivity contribution < 1.29 is 9.53 Å². The zero-order valence-electron chi connectivity index (χ0n) is 11.1. The van der Waals surface area contributed by atoms with E-state index in [1.165, 1.54) is 0 Å². The standard InChI is InChI=1S/C14H20N2O2/c1-11(12-7-5-4-6-8-12)16-10-14(2,9-15-3)18-13(16)17/h4-8,11,15H,9-10H2,1-3H3. The minimum absolute atomic E-state index is 0.0392. The van der Waals surface area contributed by atoms with Crippen molar-refractivity contribution in [2.75, 3.05) is 20.1 Å². The van der Waals surface area contributed by atoms with Crippen LogP contribution in [0, 0.1) is 0 Å². The molecule has 1 aliphatic rings. The van der Waals surface area contributed by atoms with Crippen molar-refractivity contribution in [2.24, 2.45) is 0 Å². The summed E-state index contributed by atoms with van der Waals surface area (Å²) in [5.41, 5.74) is 0.692. The molecule has 0 aromatic heterocycles. The second-order valence-electron chi connectivity index (χ2n) is 5.06. The zero-order valence-corrected chi connectivity index (χ0v) is 11.1. The van der Waals surface area contributed by atoms with E-state index in [0.717, 1.165) is 5.56 Å². The molecular weight excluding hydrogens is 228 g/mol. The van der Waals surface area contributed by atoms with Crippen molar-refractivity contribution in [2.45, 2.75) is 25.5 Å². The molecule has 1 N–H and O–H groups in total. The number of amides is 1. The summed E-state index contributed by atoms with van der Waals surface area (Å²) in [4.78, 5) is 13.7. The van der Waals surface area contributed by atoms with Crippen LogP contribution < -0.4 is 5.32 Å². The predicted octanol–water partition coefficient (Wildman–Crippen LogP) is 2.18. The number of carbonyl (C=O) groups excluding carboxylic acids is 1. The van der Waals surface area contributed by atoms with E-state index in [-0.39, 0.29) is 12.1 Å². The number of ether oxygens (including phenoxy) is 1. The van der Waals surface area contributed by atoms with E-state index in [1.54, 1.807) is 4.90 Å². The van der Waals surface area contributed by atoms with Crippen LogP contribution in [0.25, 0.3) is 0 Å². The van der Waals surface area contributed by atoms with Gasteiger partial charge in [0.25, 0.3) is 0 Å². The number of rotatable bonds is 4. The number of nitrogens with zero attached hydrogens (tertiary/aromatic N) is 1. The molecule has 4 heteroatoms. The molecule has 1 aliphatic heterocycles. The van der Waals surface area contributed by atoms with E-state index < -0.39 is 5.60 Å². The van der Waals surface area contributed by atoms with E-state index in [4.69, 9.17) is 4.74 Å². The molecule has 0 spiro atoms. The number of cyclic esters (lactones) is 1. The summed E-state index contributed by atoms with van der Waals surface area (Å²) in [5.74, 6) is 0. The Morgan fingerprint density at radius 2 is 2.11 bits per heavy atom. The van der Waals surface area contributed by atoms with Gasteiger partial charge in [0.05, 0.1) is 12.6 Å². The summed E-state index contributed by atoms with van der Waals surface area (Å²) in [6.45, 7) is 5.26. The van der Waals surface area contributed by atoms with Crippen LogP contribution >= 0.6 is 0 Å². The molecule has 2 atom stereocenters. The van der Waals surface area contributed by atoms with Crippen LogP contribution in [0.1, 0.15) is 25.5 Å². The van der Waals surface area contributed by atoms with Gasteiger partial charge in [0.2, 0.25) is 0 Å². The summed E-state index contributed by atoms with van der Waals surface area (Å²) in [6.07, 6.45) is -0.232. The maximum Gasteiger partial charge on any atom is 0.411 e. The maximum absolute atomic E-state index is 12.0. The Labute approximate surface area is 108 Å². The van der Waals surface area contributed by atoms with Crippen LogP contribution in [0.2, 0.25) is 0 Å². The van der Waals surface area contributed by atoms with E-state index in [1.807, 2.05) is 51.2 Å². The quantitative estimate of drug-likeness (QED) is 0.888. The third-order valence-electron chi connectivity index (χ3n) is 3.37. The second kappa shape index (κ2) is 4.98. The van der Waals surface area contributed by atoms with Gasteiger partial charge in [-0.1, -0.05) is 30.3 Å². The van der Waals surface area contributed by atoms with Crippen molar-refractivity contribution >= 4 is 6.09 Å². The molecule has 1 aromatic rings. The lowest BCUT2D eigenvalue weighted by molar-refractivity contribution is 0.0727. The number of likely N-dealkylation sites (N-methyl/N-ethyl adjacent to an activating group) is 1. The first kappa shape index (κ1) is 12.9. The fourth-order valence-electron chi connectivity index (χ4n) is 2.40. The van der Waals surface area contributed by atoms with Crippen molar-refractivity contribution in [3.8, 4) is 0 Å². The smallest absolute Gasteiger partial charge is 0.411 e. The number of nitrogens with one attached hydrogen (secondary N) is 1. The van der Waals surface area contributed by atoms with Gasteiger partial charge in [-0.05, 0) is 26.5 Å². The van der Waals surface area contributed by atoms with Gasteiger partial charge in [0.15, 0.2) is 0 Å². The van der Waals surface area contributed by atoms with Gasteiger partial charge in [0, 0.05) is 6.54 Å². The van der Waals surface area contributed by atoms with Gasteiger partial charge in [-0.25, -0.2) is 4.79 Å². The number of benzene rings is 1. The maximum atomic E-state index is 12.0. The Hall–Kier alpha value is -1.55. The third-order valence-corrected chi connectivity index (χ3v) is 3.37. The highest BCUT2D eigenvalue weighted by Gasteiger charge is 2.42. The Morgan fingerprint density at radius 3 is 2.72 bits per heavy atom. The van der Waals surface area contributed by atoms with Crippen LogP contribution in [-0.4, -0.2) is 36.7 Å². The molecule has 0 radical (unpaired) electrons. The van der Waals surface area contributed by atoms with Gasteiger partial charge in [-0.15, -0.1) is 0 Å². The fraction of sp³-hybridized carbons (Fsp3) is 0.500. The topological polar surface area (TPSA) is 41.6 Å². The molecule has 1 fully saturated rings. The van der Waals surface area contributed by atoms with E-state index >= 15 is 0 Å². The molecule has 1 amide bonds. The minimum atomic E-state index is -0.436. The Morgan fingerprint density at radius 1 is 1.44 bits per heavy atom. The molecular formula is C14H20N2O2. The molecule has 0 saturated carbocycles. The van der Waals surface area contributed by atoms with Crippen molar-refractivity contribution in [3.05, 3.63) is 35.9 Å². The minimum Gasteiger partial charge on any atom is -0.440 e. The molecule has 2 unspecified atom stereocenters. The van der Waals surface area contributed by atoms with Crippen LogP contribution in [0.15, 0.2) is 30.3 Å². The second-order valence-corrected chi connectivity index (χ2v) is 5.06. The van der Waals surface area contributed by atoms with E-state index in [9.17, 15) is 4.79 Å². The molecule has 2 rings (SSSR count). The zero-order chi connectivity index (χ0) is 13.2. The van der Waals surface area contributed by atoms with Gasteiger partial charge in [-0.3, -0.25) is 4.90 Å². The monoisotopic (exact) mass is 248 g/mol. The molecule has 0 bridgehead atoms. The number of hydrogen-bond acceptors (Lipinski definition) is 3. The molecule has 4 nitrogen and oxygen atoms in total. The van der Waals surface area contributed by atoms with E-state index in [2.05, 4.69) is 5.32 Å². The summed E-state index contributed by atoms with van der Waals surface area (Å²) in [6, 6.07) is 10.1. The van der Waals surface area contributed by atoms with Crippen LogP contribution in [0.5, 0.6) is 0 Å². The number of hydrogen-bond donors (Lipinski definition) is 1. The van der Waals surface area contributed by atoms with Gasteiger partial charge in [-0.2, -0.15) is 0 Å². The Balaban J connectivity index is 2.13. The Bertz CT molecular complexity index is 421. The molecule has 1 saturated heterocycles. The summed E-state index contributed by atoms with van der Waals surface area (Å²) in [5, 5.41) is 3.07. The SMILES string of the molecule is CNCC1(C)CN(C(C)c2ccccc2)C(=O)O1. The first-order valence-electron chi connectivity index (χ1n) is 6.25. The lowest BCUT2D eigenvalue weighted by atomic mass is 10.0. The predicted molar refractivity (Wildman–Crippen MR) is 70.4 cm³/mol. The average molecular weight is 248 g/mol. The molecule has 98 valence electrons. The Kier molecular flexibility index (Phi) is 3.57. The van der Waals surface area contributed by atoms with Crippen molar-refractivity contribution in [3.63, 3.8) is 0 Å². The first-order valence-corrected chi connectivity index (χ1v) is 6.25. The lowest BCUT2D eigenvalue weighted by Gasteiger charge is -2.24. The van der Waals surface area contributed by atoms with Crippen molar-refractivity contribution in [1.82, 2.24) is 10.2 Å². The fourth-order valence-corrected chi connectivity index (χ4v) is 2.40.